The molecule has 0 aliphatic rings. The van der Waals surface area contributed by atoms with Crippen LogP contribution in [0.1, 0.15) is 0 Å². The van der Waals surface area contributed by atoms with E-state index in [-0.39, 0.29) is 11.1 Å². The van der Waals surface area contributed by atoms with Crippen LogP contribution in [0.4, 0.5) is 28.9 Å². The van der Waals surface area contributed by atoms with Gasteiger partial charge >= 0.3 is 0 Å². The first-order chi connectivity index (χ1) is 19.2. The summed E-state index contributed by atoms with van der Waals surface area (Å²) in [7, 11) is 7.77. The normalized spacial score (nSPS) is 11.0. The molecule has 0 aromatic heterocycles. The Kier molecular flexibility index (Phi) is 7.35. The van der Waals surface area contributed by atoms with Gasteiger partial charge in [-0.2, -0.15) is 0 Å². The van der Waals surface area contributed by atoms with Gasteiger partial charge in [0.05, 0.1) is 11.1 Å². The number of rotatable bonds is 6. The molecule has 0 saturated carbocycles. The highest BCUT2D eigenvalue weighted by atomic mass is 19.2. The monoisotopic (exact) mass is 540 g/mol. The summed E-state index contributed by atoms with van der Waals surface area (Å²) < 4.78 is 61.1. The lowest BCUT2D eigenvalue weighted by Crippen LogP contribution is -2.07. The molecule has 5 aromatic carbocycles. The van der Waals surface area contributed by atoms with E-state index in [2.05, 4.69) is 0 Å². The lowest BCUT2D eigenvalue weighted by atomic mass is 9.94. The van der Waals surface area contributed by atoms with Gasteiger partial charge in [0.25, 0.3) is 0 Å². The summed E-state index contributed by atoms with van der Waals surface area (Å²) in [5.41, 5.74) is 4.12. The predicted octanol–water partition coefficient (Wildman–Crippen LogP) is 9.04. The van der Waals surface area contributed by atoms with Crippen molar-refractivity contribution in [3.05, 3.63) is 120 Å². The van der Waals surface area contributed by atoms with Gasteiger partial charge in [0.15, 0.2) is 23.3 Å². The van der Waals surface area contributed by atoms with Crippen LogP contribution in [0.3, 0.4) is 0 Å². The van der Waals surface area contributed by atoms with Crippen molar-refractivity contribution in [2.45, 2.75) is 0 Å². The maximum absolute atomic E-state index is 15.3. The van der Waals surface area contributed by atoms with E-state index in [9.17, 15) is 0 Å². The van der Waals surface area contributed by atoms with Gasteiger partial charge in [0.2, 0.25) is 0 Å². The molecule has 6 heteroatoms. The van der Waals surface area contributed by atoms with Crippen LogP contribution in [-0.2, 0) is 0 Å². The van der Waals surface area contributed by atoms with Gasteiger partial charge in [0.1, 0.15) is 0 Å². The number of anilines is 2. The molecule has 202 valence electrons. The molecule has 5 aromatic rings. The molecule has 5 rings (SSSR count). The van der Waals surface area contributed by atoms with Gasteiger partial charge in [-0.25, -0.2) is 17.6 Å². The SMILES string of the molecule is CN(C)c1ccc(-c2ccc(-c3c(F)c(F)c(-c4ccc(-c5ccc(N(C)C)cc5)cc4)c(F)c3F)cc2)cc1. The van der Waals surface area contributed by atoms with E-state index in [0.717, 1.165) is 33.6 Å². The lowest BCUT2D eigenvalue weighted by Gasteiger charge is -2.14. The zero-order valence-corrected chi connectivity index (χ0v) is 22.6. The number of hydrogen-bond acceptors (Lipinski definition) is 2. The third kappa shape index (κ3) is 5.05. The molecule has 0 unspecified atom stereocenters. The van der Waals surface area contributed by atoms with Crippen molar-refractivity contribution in [1.29, 1.82) is 0 Å². The van der Waals surface area contributed by atoms with E-state index in [1.807, 2.05) is 86.5 Å². The molecule has 0 aliphatic heterocycles. The zero-order chi connectivity index (χ0) is 28.6. The Labute approximate surface area is 231 Å². The second-order valence-electron chi connectivity index (χ2n) is 10.0. The van der Waals surface area contributed by atoms with Crippen molar-refractivity contribution in [3.63, 3.8) is 0 Å². The molecule has 0 saturated heterocycles. The standard InChI is InChI=1S/C34H28F4N2/c1-39(2)27-17-13-23(14-18-27)21-5-9-25(10-6-21)29-31(35)33(37)30(34(38)32(29)36)26-11-7-22(8-12-26)24-15-19-28(20-16-24)40(3)4/h5-20H,1-4H3. The fourth-order valence-electron chi connectivity index (χ4n) is 4.70. The van der Waals surface area contributed by atoms with E-state index in [1.165, 1.54) is 24.3 Å². The Balaban J connectivity index is 1.46. The second-order valence-corrected chi connectivity index (χ2v) is 10.0. The highest BCUT2D eigenvalue weighted by molar-refractivity contribution is 5.77. The summed E-state index contributed by atoms with van der Waals surface area (Å²) >= 11 is 0. The number of nitrogens with zero attached hydrogens (tertiary/aromatic N) is 2. The zero-order valence-electron chi connectivity index (χ0n) is 22.6. The third-order valence-corrected chi connectivity index (χ3v) is 7.04. The van der Waals surface area contributed by atoms with Gasteiger partial charge < -0.3 is 9.80 Å². The average molecular weight is 541 g/mol. The van der Waals surface area contributed by atoms with E-state index >= 15 is 17.6 Å². The van der Waals surface area contributed by atoms with Crippen LogP contribution in [-0.4, -0.2) is 28.2 Å². The van der Waals surface area contributed by atoms with Crippen molar-refractivity contribution in [3.8, 4) is 44.5 Å². The summed E-state index contributed by atoms with van der Waals surface area (Å²) in [5.74, 6) is -5.72. The minimum atomic E-state index is -1.43. The van der Waals surface area contributed by atoms with Crippen LogP contribution in [0.2, 0.25) is 0 Å². The number of benzene rings is 5. The molecule has 0 amide bonds. The number of halogens is 4. The first-order valence-electron chi connectivity index (χ1n) is 12.8. The molecule has 0 bridgehead atoms. The van der Waals surface area contributed by atoms with E-state index < -0.39 is 34.4 Å². The minimum absolute atomic E-state index is 0.0459. The molecule has 40 heavy (non-hydrogen) atoms. The maximum atomic E-state index is 15.3. The van der Waals surface area contributed by atoms with E-state index in [0.29, 0.717) is 0 Å². The Bertz CT molecular complexity index is 1480. The predicted molar refractivity (Wildman–Crippen MR) is 157 cm³/mol. The van der Waals surface area contributed by atoms with Crippen molar-refractivity contribution < 1.29 is 17.6 Å². The molecule has 0 atom stereocenters. The Hall–Kier alpha value is -4.58. The smallest absolute Gasteiger partial charge is 0.170 e. The Morgan fingerprint density at radius 2 is 0.525 bits per heavy atom. The van der Waals surface area contributed by atoms with Crippen molar-refractivity contribution in [1.82, 2.24) is 0 Å². The fraction of sp³-hybridized carbons (Fsp3) is 0.118. The van der Waals surface area contributed by atoms with Crippen LogP contribution in [0.5, 0.6) is 0 Å². The van der Waals surface area contributed by atoms with E-state index in [1.54, 1.807) is 24.3 Å². The summed E-state index contributed by atoms with van der Waals surface area (Å²) in [6.07, 6.45) is 0. The van der Waals surface area contributed by atoms with Crippen LogP contribution in [0.15, 0.2) is 97.1 Å². The third-order valence-electron chi connectivity index (χ3n) is 7.04. The average Bonchev–Trinajstić information content (AvgIpc) is 2.97. The molecule has 0 radical (unpaired) electrons. The van der Waals surface area contributed by atoms with Crippen LogP contribution >= 0.6 is 0 Å². The summed E-state index contributed by atoms with van der Waals surface area (Å²) in [6, 6.07) is 28.1. The fourth-order valence-corrected chi connectivity index (χ4v) is 4.70. The van der Waals surface area contributed by atoms with Gasteiger partial charge in [0, 0.05) is 39.6 Å². The molecule has 0 aliphatic carbocycles. The largest absolute Gasteiger partial charge is 0.378 e. The lowest BCUT2D eigenvalue weighted by molar-refractivity contribution is 0.463. The van der Waals surface area contributed by atoms with Gasteiger partial charge in [-0.1, -0.05) is 72.8 Å². The van der Waals surface area contributed by atoms with Crippen molar-refractivity contribution >= 4 is 11.4 Å². The van der Waals surface area contributed by atoms with Gasteiger partial charge in [-0.3, -0.25) is 0 Å². The molecule has 0 N–H and O–H groups in total. The topological polar surface area (TPSA) is 6.48 Å². The van der Waals surface area contributed by atoms with Crippen LogP contribution in [0.25, 0.3) is 44.5 Å². The highest BCUT2D eigenvalue weighted by Gasteiger charge is 2.27. The summed E-state index contributed by atoms with van der Waals surface area (Å²) in [5, 5.41) is 0. The second kappa shape index (κ2) is 10.9. The maximum Gasteiger partial charge on any atom is 0.170 e. The molecule has 2 nitrogen and oxygen atoms in total. The highest BCUT2D eigenvalue weighted by Crippen LogP contribution is 2.38. The molecular weight excluding hydrogens is 512 g/mol. The Morgan fingerprint density at radius 3 is 0.750 bits per heavy atom. The van der Waals surface area contributed by atoms with Crippen molar-refractivity contribution in [2.24, 2.45) is 0 Å². The minimum Gasteiger partial charge on any atom is -0.378 e. The Morgan fingerprint density at radius 1 is 0.325 bits per heavy atom. The molecule has 0 spiro atoms. The van der Waals surface area contributed by atoms with Crippen LogP contribution in [0, 0.1) is 23.3 Å². The van der Waals surface area contributed by atoms with Crippen molar-refractivity contribution in [2.75, 3.05) is 38.0 Å². The first-order valence-corrected chi connectivity index (χ1v) is 12.8. The van der Waals surface area contributed by atoms with Crippen LogP contribution < -0.4 is 9.80 Å². The number of hydrogen-bond donors (Lipinski definition) is 0. The quantitative estimate of drug-likeness (QED) is 0.157. The van der Waals surface area contributed by atoms with Gasteiger partial charge in [-0.05, 0) is 57.6 Å². The first kappa shape index (κ1) is 27.0. The molecule has 0 fully saturated rings. The van der Waals surface area contributed by atoms with E-state index in [4.69, 9.17) is 0 Å². The molecule has 0 heterocycles. The molecular formula is C34H28F4N2. The van der Waals surface area contributed by atoms with Gasteiger partial charge in [-0.15, -0.1) is 0 Å². The summed E-state index contributed by atoms with van der Waals surface area (Å²) in [4.78, 5) is 3.95. The summed E-state index contributed by atoms with van der Waals surface area (Å²) in [6.45, 7) is 0.